The maximum Gasteiger partial charge on any atom is 0.306 e. The molecule has 1 N–H and O–H groups in total. The van der Waals surface area contributed by atoms with Crippen LogP contribution in [0.3, 0.4) is 0 Å². The van der Waals surface area contributed by atoms with Crippen LogP contribution in [0.5, 0.6) is 0 Å². The molecule has 0 rings (SSSR count). The predicted molar refractivity (Wildman–Crippen MR) is 321 cm³/mol. The summed E-state index contributed by atoms with van der Waals surface area (Å²) in [6, 6.07) is -0.887. The highest BCUT2D eigenvalue weighted by Gasteiger charge is 2.27. The Morgan fingerprint density at radius 3 is 1.17 bits per heavy atom. The summed E-state index contributed by atoms with van der Waals surface area (Å²) in [6.45, 7) is 6.83. The van der Waals surface area contributed by atoms with Gasteiger partial charge in [-0.3, -0.25) is 14.2 Å². The fourth-order valence-corrected chi connectivity index (χ4v) is 10.2. The van der Waals surface area contributed by atoms with Gasteiger partial charge in [0, 0.05) is 12.8 Å². The number of carbonyl (C=O) groups excluding carboxylic acids is 2. The fraction of sp³-hybridized carbons (Fsp3) is 0.877. The Morgan fingerprint density at radius 1 is 0.453 bits per heavy atom. The summed E-state index contributed by atoms with van der Waals surface area (Å²) in [6.07, 6.45) is 66.9. The molecular weight excluding hydrogens is 952 g/mol. The van der Waals surface area contributed by atoms with Crippen molar-refractivity contribution in [2.75, 3.05) is 40.9 Å². The summed E-state index contributed by atoms with van der Waals surface area (Å²) in [5.41, 5.74) is 0. The average molecular weight is 1080 g/mol. The van der Waals surface area contributed by atoms with Crippen LogP contribution in [0, 0.1) is 0 Å². The van der Waals surface area contributed by atoms with E-state index in [1.54, 1.807) is 0 Å². The molecule has 1 amide bonds. The Kier molecular flexibility index (Phi) is 54.2. The third kappa shape index (κ3) is 56.8. The fourth-order valence-electron chi connectivity index (χ4n) is 9.50. The molecule has 0 fully saturated rings. The largest absolute Gasteiger partial charge is 0.756 e. The number of unbranched alkanes of at least 4 members (excludes halogenated alkanes) is 39. The van der Waals surface area contributed by atoms with Crippen molar-refractivity contribution in [2.24, 2.45) is 0 Å². The first-order valence-electron chi connectivity index (χ1n) is 32.3. The molecule has 0 aliphatic carbocycles. The molecule has 442 valence electrons. The molecule has 3 unspecified atom stereocenters. The second kappa shape index (κ2) is 55.5. The first-order chi connectivity index (χ1) is 36.4. The van der Waals surface area contributed by atoms with Gasteiger partial charge in [-0.15, -0.1) is 0 Å². The van der Waals surface area contributed by atoms with Crippen LogP contribution in [0.1, 0.15) is 316 Å². The Bertz CT molecular complexity index is 1380. The zero-order valence-electron chi connectivity index (χ0n) is 50.5. The second-order valence-electron chi connectivity index (χ2n) is 23.3. The number of quaternary nitrogens is 1. The molecule has 0 aromatic rings. The van der Waals surface area contributed by atoms with E-state index >= 15 is 0 Å². The smallest absolute Gasteiger partial charge is 0.306 e. The molecule has 75 heavy (non-hydrogen) atoms. The number of rotatable bonds is 59. The number of amides is 1. The van der Waals surface area contributed by atoms with E-state index in [2.05, 4.69) is 50.4 Å². The Balaban J connectivity index is 5.04. The standard InChI is InChI=1S/C65H125N2O7P/c1-7-10-13-16-19-22-25-27-28-29-30-31-32-33-34-35-36-37-38-40-43-45-48-51-54-57-64(68)66-62(61-73-75(70,71)72-60-59-67(4,5)6)63(56-53-50-47-44-42-39-26-23-20-17-14-11-8-2)74-65(69)58-55-52-49-46-41-24-21-18-15-12-9-3/h18,21,27-28,53,56,62-63H,7-17,19-20,22-26,29-52,54-55,57-61H2,1-6H3,(H-,66,68,70,71)/b21-18-,28-27+,56-53+. The third-order valence-corrected chi connectivity index (χ3v) is 15.5. The number of hydrogen-bond acceptors (Lipinski definition) is 7. The molecule has 0 aliphatic heterocycles. The van der Waals surface area contributed by atoms with Gasteiger partial charge >= 0.3 is 5.97 Å². The molecule has 0 heterocycles. The number of nitrogens with one attached hydrogen (secondary N) is 1. The predicted octanol–water partition coefficient (Wildman–Crippen LogP) is 19.3. The van der Waals surface area contributed by atoms with Crippen molar-refractivity contribution in [1.82, 2.24) is 5.32 Å². The maximum absolute atomic E-state index is 13.5. The van der Waals surface area contributed by atoms with E-state index in [0.29, 0.717) is 17.4 Å². The molecule has 0 bridgehead atoms. The Morgan fingerprint density at radius 2 is 0.787 bits per heavy atom. The molecule has 0 saturated carbocycles. The van der Waals surface area contributed by atoms with Crippen molar-refractivity contribution in [3.05, 3.63) is 36.5 Å². The molecule has 9 nitrogen and oxygen atoms in total. The van der Waals surface area contributed by atoms with E-state index in [0.717, 1.165) is 83.5 Å². The second-order valence-corrected chi connectivity index (χ2v) is 24.7. The van der Waals surface area contributed by atoms with E-state index in [-0.39, 0.29) is 31.5 Å². The van der Waals surface area contributed by atoms with Crippen LogP contribution >= 0.6 is 7.82 Å². The van der Waals surface area contributed by atoms with Crippen LogP contribution < -0.4 is 10.2 Å². The van der Waals surface area contributed by atoms with Gasteiger partial charge in [-0.2, -0.15) is 0 Å². The molecule has 0 aromatic heterocycles. The summed E-state index contributed by atoms with van der Waals surface area (Å²) in [5, 5.41) is 3.03. The van der Waals surface area contributed by atoms with E-state index in [4.69, 9.17) is 13.8 Å². The van der Waals surface area contributed by atoms with E-state index in [1.165, 1.54) is 199 Å². The maximum atomic E-state index is 13.5. The van der Waals surface area contributed by atoms with Crippen LogP contribution in [-0.2, 0) is 27.9 Å². The summed E-state index contributed by atoms with van der Waals surface area (Å²) < 4.78 is 30.3. The summed E-state index contributed by atoms with van der Waals surface area (Å²) in [5.74, 6) is -0.540. The minimum Gasteiger partial charge on any atom is -0.756 e. The summed E-state index contributed by atoms with van der Waals surface area (Å²) in [4.78, 5) is 39.9. The topological polar surface area (TPSA) is 114 Å². The first-order valence-corrected chi connectivity index (χ1v) is 33.8. The van der Waals surface area contributed by atoms with Gasteiger partial charge < -0.3 is 28.5 Å². The molecular formula is C65H125N2O7P. The first kappa shape index (κ1) is 73.2. The van der Waals surface area contributed by atoms with E-state index in [1.807, 2.05) is 33.3 Å². The average Bonchev–Trinajstić information content (AvgIpc) is 3.37. The van der Waals surface area contributed by atoms with Crippen molar-refractivity contribution in [1.29, 1.82) is 0 Å². The van der Waals surface area contributed by atoms with E-state index in [9.17, 15) is 19.0 Å². The van der Waals surface area contributed by atoms with Gasteiger partial charge in [-0.25, -0.2) is 0 Å². The lowest BCUT2D eigenvalue weighted by molar-refractivity contribution is -0.870. The number of ether oxygens (including phenoxy) is 1. The normalized spacial score (nSPS) is 13.9. The third-order valence-electron chi connectivity index (χ3n) is 14.5. The van der Waals surface area contributed by atoms with Gasteiger partial charge in [0.25, 0.3) is 7.82 Å². The van der Waals surface area contributed by atoms with Crippen molar-refractivity contribution in [2.45, 2.75) is 328 Å². The number of phosphoric ester groups is 1. The monoisotopic (exact) mass is 1080 g/mol. The lowest BCUT2D eigenvalue weighted by Gasteiger charge is -2.30. The molecule has 0 saturated heterocycles. The number of phosphoric acid groups is 1. The van der Waals surface area contributed by atoms with Crippen LogP contribution in [0.2, 0.25) is 0 Å². The van der Waals surface area contributed by atoms with Gasteiger partial charge in [0.05, 0.1) is 33.8 Å². The number of hydrogen-bond donors (Lipinski definition) is 1. The Hall–Kier alpha value is -1.77. The number of nitrogens with zero attached hydrogens (tertiary/aromatic N) is 1. The number of esters is 1. The molecule has 0 aromatic carbocycles. The molecule has 0 radical (unpaired) electrons. The van der Waals surface area contributed by atoms with Crippen LogP contribution in [0.15, 0.2) is 36.5 Å². The number of allylic oxidation sites excluding steroid dienone is 5. The SMILES string of the molecule is CCCC/C=C\CCCCCCCC(=O)OC(/C=C/CCCCCCCCCCCCC)C(COP(=O)([O-])OCC[N+](C)(C)C)NC(=O)CCCCCCCCCCCCCCCCC/C=C/CCCCCCCC. The summed E-state index contributed by atoms with van der Waals surface area (Å²) in [7, 11) is 1.19. The highest BCUT2D eigenvalue weighted by atomic mass is 31.2. The van der Waals surface area contributed by atoms with Crippen LogP contribution in [-0.4, -0.2) is 69.4 Å². The molecule has 0 spiro atoms. The highest BCUT2D eigenvalue weighted by Crippen LogP contribution is 2.38. The Labute approximate surface area is 466 Å². The summed E-state index contributed by atoms with van der Waals surface area (Å²) >= 11 is 0. The highest BCUT2D eigenvalue weighted by molar-refractivity contribution is 7.45. The van der Waals surface area contributed by atoms with Gasteiger partial charge in [0.15, 0.2) is 0 Å². The van der Waals surface area contributed by atoms with Crippen molar-refractivity contribution in [3.63, 3.8) is 0 Å². The van der Waals surface area contributed by atoms with Crippen molar-refractivity contribution in [3.8, 4) is 0 Å². The van der Waals surface area contributed by atoms with E-state index < -0.39 is 20.0 Å². The van der Waals surface area contributed by atoms with Gasteiger partial charge in [-0.05, 0) is 76.7 Å². The lowest BCUT2D eigenvalue weighted by Crippen LogP contribution is -2.47. The minimum absolute atomic E-state index is 0.0214. The number of likely N-dealkylation sites (N-methyl/N-ethyl adjacent to an activating group) is 1. The van der Waals surface area contributed by atoms with Crippen molar-refractivity contribution >= 4 is 19.7 Å². The van der Waals surface area contributed by atoms with Crippen LogP contribution in [0.4, 0.5) is 0 Å². The molecule has 3 atom stereocenters. The van der Waals surface area contributed by atoms with Gasteiger partial charge in [0.1, 0.15) is 19.3 Å². The van der Waals surface area contributed by atoms with Crippen molar-refractivity contribution < 1.29 is 37.3 Å². The molecule has 10 heteroatoms. The van der Waals surface area contributed by atoms with Gasteiger partial charge in [-0.1, -0.05) is 263 Å². The van der Waals surface area contributed by atoms with Gasteiger partial charge in [0.2, 0.25) is 5.91 Å². The zero-order chi connectivity index (χ0) is 55.0. The molecule has 0 aliphatic rings. The minimum atomic E-state index is -4.69. The van der Waals surface area contributed by atoms with Crippen LogP contribution in [0.25, 0.3) is 0 Å². The lowest BCUT2D eigenvalue weighted by atomic mass is 10.0. The zero-order valence-corrected chi connectivity index (χ0v) is 51.4. The quantitative estimate of drug-likeness (QED) is 0.0212. The number of carbonyl (C=O) groups is 2.